The van der Waals surface area contributed by atoms with E-state index in [-0.39, 0.29) is 5.54 Å². The van der Waals surface area contributed by atoms with Gasteiger partial charge in [0, 0.05) is 52.4 Å². The summed E-state index contributed by atoms with van der Waals surface area (Å²) in [7, 11) is 0. The summed E-state index contributed by atoms with van der Waals surface area (Å²) in [5.74, 6) is 2.34. The van der Waals surface area contributed by atoms with Gasteiger partial charge in [0.2, 0.25) is 0 Å². The van der Waals surface area contributed by atoms with Crippen LogP contribution < -0.4 is 10.2 Å². The van der Waals surface area contributed by atoms with Crippen molar-refractivity contribution in [2.75, 3.05) is 23.7 Å². The second-order valence-corrected chi connectivity index (χ2v) is 8.91. The van der Waals surface area contributed by atoms with E-state index in [0.29, 0.717) is 0 Å². The number of nitrogens with one attached hydrogen (secondary N) is 1. The number of pyridine rings is 1. The Bertz CT molecular complexity index is 473. The lowest BCUT2D eigenvalue weighted by Gasteiger charge is -2.34. The Kier molecular flexibility index (Phi) is 5.97. The molecule has 1 atom stereocenters. The number of rotatable bonds is 4. The standard InChI is InChI=1S/C16H26BrN3S/c1-5-14-11-20(6-7-21-14)15-12(8-13(17)10-18-15)9-19-16(2,3)4/h8,10,14,19H,5-7,9,11H2,1-4H3. The minimum absolute atomic E-state index is 0.114. The molecule has 21 heavy (non-hydrogen) atoms. The van der Waals surface area contributed by atoms with E-state index in [1.54, 1.807) is 0 Å². The van der Waals surface area contributed by atoms with E-state index in [1.165, 1.54) is 17.7 Å². The van der Waals surface area contributed by atoms with Gasteiger partial charge in [-0.25, -0.2) is 4.98 Å². The van der Waals surface area contributed by atoms with Gasteiger partial charge in [-0.3, -0.25) is 0 Å². The highest BCUT2D eigenvalue weighted by molar-refractivity contribution is 9.10. The lowest BCUT2D eigenvalue weighted by molar-refractivity contribution is 0.424. The first-order valence-corrected chi connectivity index (χ1v) is 9.49. The van der Waals surface area contributed by atoms with Crippen LogP contribution in [0, 0.1) is 0 Å². The van der Waals surface area contributed by atoms with Gasteiger partial charge in [-0.05, 0) is 49.2 Å². The SMILES string of the molecule is CCC1CN(c2ncc(Br)cc2CNC(C)(C)C)CCS1. The zero-order valence-corrected chi connectivity index (χ0v) is 15.9. The highest BCUT2D eigenvalue weighted by Crippen LogP contribution is 2.28. The molecule has 1 aromatic rings. The average molecular weight is 372 g/mol. The fraction of sp³-hybridized carbons (Fsp3) is 0.688. The van der Waals surface area contributed by atoms with Crippen molar-refractivity contribution < 1.29 is 0 Å². The molecule has 118 valence electrons. The van der Waals surface area contributed by atoms with Crippen LogP contribution in [0.25, 0.3) is 0 Å². The molecule has 2 rings (SSSR count). The van der Waals surface area contributed by atoms with Crippen molar-refractivity contribution >= 4 is 33.5 Å². The predicted octanol–water partition coefficient (Wildman–Crippen LogP) is 4.06. The molecular formula is C16H26BrN3S. The van der Waals surface area contributed by atoms with Crippen molar-refractivity contribution in [3.63, 3.8) is 0 Å². The molecular weight excluding hydrogens is 346 g/mol. The largest absolute Gasteiger partial charge is 0.354 e. The van der Waals surface area contributed by atoms with Crippen LogP contribution in [0.3, 0.4) is 0 Å². The van der Waals surface area contributed by atoms with Gasteiger partial charge in [0.05, 0.1) is 0 Å². The highest BCUT2D eigenvalue weighted by atomic mass is 79.9. The molecule has 0 amide bonds. The van der Waals surface area contributed by atoms with Gasteiger partial charge < -0.3 is 10.2 Å². The number of anilines is 1. The van der Waals surface area contributed by atoms with Crippen molar-refractivity contribution in [3.05, 3.63) is 22.3 Å². The van der Waals surface area contributed by atoms with Gasteiger partial charge in [-0.1, -0.05) is 6.92 Å². The molecule has 1 aliphatic heterocycles. The number of aromatic nitrogens is 1. The van der Waals surface area contributed by atoms with Crippen molar-refractivity contribution in [2.24, 2.45) is 0 Å². The summed E-state index contributed by atoms with van der Waals surface area (Å²) < 4.78 is 1.05. The van der Waals surface area contributed by atoms with Crippen LogP contribution in [0.4, 0.5) is 5.82 Å². The van der Waals surface area contributed by atoms with Gasteiger partial charge >= 0.3 is 0 Å². The smallest absolute Gasteiger partial charge is 0.133 e. The first-order valence-electron chi connectivity index (χ1n) is 7.65. The Labute approximate surface area is 141 Å². The van der Waals surface area contributed by atoms with Gasteiger partial charge in [0.1, 0.15) is 5.82 Å². The third kappa shape index (κ3) is 5.15. The Hall–Kier alpha value is -0.260. The summed E-state index contributed by atoms with van der Waals surface area (Å²) in [6.45, 7) is 11.9. The molecule has 0 aliphatic carbocycles. The van der Waals surface area contributed by atoms with Crippen LogP contribution in [0.5, 0.6) is 0 Å². The van der Waals surface area contributed by atoms with Crippen LogP contribution in [-0.4, -0.2) is 34.6 Å². The summed E-state index contributed by atoms with van der Waals surface area (Å²) in [5, 5.41) is 4.31. The molecule has 1 N–H and O–H groups in total. The van der Waals surface area contributed by atoms with Crippen LogP contribution >= 0.6 is 27.7 Å². The summed E-state index contributed by atoms with van der Waals surface area (Å²) in [6.07, 6.45) is 3.14. The maximum absolute atomic E-state index is 4.70. The molecule has 0 bridgehead atoms. The molecule has 0 radical (unpaired) electrons. The molecule has 2 heterocycles. The summed E-state index contributed by atoms with van der Waals surface area (Å²) >= 11 is 5.65. The molecule has 0 saturated carbocycles. The maximum Gasteiger partial charge on any atom is 0.133 e. The lowest BCUT2D eigenvalue weighted by Crippen LogP contribution is -2.40. The van der Waals surface area contributed by atoms with E-state index in [9.17, 15) is 0 Å². The summed E-state index contributed by atoms with van der Waals surface area (Å²) in [6, 6.07) is 2.20. The quantitative estimate of drug-likeness (QED) is 0.863. The van der Waals surface area contributed by atoms with Crippen molar-refractivity contribution in [3.8, 4) is 0 Å². The number of halogens is 1. The van der Waals surface area contributed by atoms with Crippen LogP contribution in [0.2, 0.25) is 0 Å². The molecule has 0 spiro atoms. The first kappa shape index (κ1) is 17.1. The Morgan fingerprint density at radius 1 is 1.48 bits per heavy atom. The third-order valence-electron chi connectivity index (χ3n) is 3.61. The fourth-order valence-corrected chi connectivity index (χ4v) is 3.97. The zero-order chi connectivity index (χ0) is 15.5. The second-order valence-electron chi connectivity index (χ2n) is 6.59. The van der Waals surface area contributed by atoms with Crippen LogP contribution in [0.15, 0.2) is 16.7 Å². The van der Waals surface area contributed by atoms with E-state index in [4.69, 9.17) is 4.98 Å². The number of thioether (sulfide) groups is 1. The van der Waals surface area contributed by atoms with Crippen LogP contribution in [0.1, 0.15) is 39.7 Å². The monoisotopic (exact) mass is 371 g/mol. The molecule has 1 saturated heterocycles. The van der Waals surface area contributed by atoms with Crippen molar-refractivity contribution in [1.29, 1.82) is 0 Å². The predicted molar refractivity (Wildman–Crippen MR) is 97.3 cm³/mol. The first-order chi connectivity index (χ1) is 9.89. The third-order valence-corrected chi connectivity index (χ3v) is 5.42. The second kappa shape index (κ2) is 7.34. The van der Waals surface area contributed by atoms with E-state index in [0.717, 1.165) is 35.2 Å². The van der Waals surface area contributed by atoms with E-state index in [1.807, 2.05) is 6.20 Å². The average Bonchev–Trinajstić information content (AvgIpc) is 2.44. The summed E-state index contributed by atoms with van der Waals surface area (Å²) in [4.78, 5) is 7.16. The van der Waals surface area contributed by atoms with Gasteiger partial charge in [-0.15, -0.1) is 0 Å². The van der Waals surface area contributed by atoms with Gasteiger partial charge in [-0.2, -0.15) is 11.8 Å². The molecule has 3 nitrogen and oxygen atoms in total. The summed E-state index contributed by atoms with van der Waals surface area (Å²) in [5.41, 5.74) is 1.39. The number of hydrogen-bond acceptors (Lipinski definition) is 4. The van der Waals surface area contributed by atoms with Gasteiger partial charge in [0.25, 0.3) is 0 Å². The number of nitrogens with zero attached hydrogens (tertiary/aromatic N) is 2. The van der Waals surface area contributed by atoms with Gasteiger partial charge in [0.15, 0.2) is 0 Å². The van der Waals surface area contributed by atoms with Crippen LogP contribution in [-0.2, 0) is 6.54 Å². The van der Waals surface area contributed by atoms with E-state index < -0.39 is 0 Å². The maximum atomic E-state index is 4.70. The minimum Gasteiger partial charge on any atom is -0.354 e. The molecule has 1 fully saturated rings. The molecule has 0 aromatic carbocycles. The highest BCUT2D eigenvalue weighted by Gasteiger charge is 2.22. The van der Waals surface area contributed by atoms with Crippen molar-refractivity contribution in [1.82, 2.24) is 10.3 Å². The topological polar surface area (TPSA) is 28.2 Å². The fourth-order valence-electron chi connectivity index (χ4n) is 2.41. The Morgan fingerprint density at radius 2 is 2.24 bits per heavy atom. The molecule has 1 aliphatic rings. The van der Waals surface area contributed by atoms with E-state index >= 15 is 0 Å². The molecule has 1 aromatic heterocycles. The van der Waals surface area contributed by atoms with Crippen molar-refractivity contribution in [2.45, 2.75) is 51.4 Å². The number of hydrogen-bond donors (Lipinski definition) is 1. The Morgan fingerprint density at radius 3 is 2.90 bits per heavy atom. The minimum atomic E-state index is 0.114. The van der Waals surface area contributed by atoms with E-state index in [2.05, 4.69) is 71.7 Å². The lowest BCUT2D eigenvalue weighted by atomic mass is 10.1. The Balaban J connectivity index is 2.17. The molecule has 1 unspecified atom stereocenters. The molecule has 5 heteroatoms. The normalized spacial score (nSPS) is 19.9. The zero-order valence-electron chi connectivity index (χ0n) is 13.4.